The molecular weight excluding hydrogens is 367 g/mol. The van der Waals surface area contributed by atoms with Crippen molar-refractivity contribution < 1.29 is 17.5 Å². The summed E-state index contributed by atoms with van der Waals surface area (Å²) in [7, 11) is -3.48. The summed E-state index contributed by atoms with van der Waals surface area (Å²) in [4.78, 5) is 0. The number of nitrogens with zero attached hydrogens (tertiary/aromatic N) is 1. The second-order valence-corrected chi connectivity index (χ2v) is 8.85. The van der Waals surface area contributed by atoms with Gasteiger partial charge in [0.15, 0.2) is 0 Å². The van der Waals surface area contributed by atoms with Crippen LogP contribution in [0.5, 0.6) is 5.75 Å². The first-order valence-electron chi connectivity index (χ1n) is 9.26. The molecule has 5 nitrogen and oxygen atoms in total. The lowest BCUT2D eigenvalue weighted by molar-refractivity contribution is 0.134. The fourth-order valence-corrected chi connectivity index (χ4v) is 5.04. The molecule has 0 amide bonds. The van der Waals surface area contributed by atoms with Crippen molar-refractivity contribution in [1.29, 1.82) is 0 Å². The number of nitrogens with one attached hydrogen (secondary N) is 1. The molecule has 1 N–H and O–H groups in total. The molecule has 2 fully saturated rings. The molecule has 0 aromatic heterocycles. The van der Waals surface area contributed by atoms with Gasteiger partial charge in [0.1, 0.15) is 17.7 Å². The highest BCUT2D eigenvalue weighted by Crippen LogP contribution is 2.41. The molecule has 0 unspecified atom stereocenters. The van der Waals surface area contributed by atoms with Crippen LogP contribution >= 0.6 is 0 Å². The van der Waals surface area contributed by atoms with Gasteiger partial charge in [-0.05, 0) is 49.1 Å². The van der Waals surface area contributed by atoms with Gasteiger partial charge in [0.05, 0.1) is 0 Å². The molecular formula is C20H23FN2O3S. The van der Waals surface area contributed by atoms with Gasteiger partial charge in [0, 0.05) is 25.0 Å². The van der Waals surface area contributed by atoms with Crippen LogP contribution in [0.4, 0.5) is 4.39 Å². The van der Waals surface area contributed by atoms with E-state index in [1.54, 1.807) is 12.1 Å². The zero-order valence-corrected chi connectivity index (χ0v) is 15.7. The molecule has 1 aliphatic heterocycles. The van der Waals surface area contributed by atoms with E-state index in [-0.39, 0.29) is 23.9 Å². The van der Waals surface area contributed by atoms with Gasteiger partial charge in [-0.2, -0.15) is 17.4 Å². The van der Waals surface area contributed by atoms with Crippen LogP contribution < -0.4 is 9.46 Å². The van der Waals surface area contributed by atoms with E-state index < -0.39 is 10.2 Å². The van der Waals surface area contributed by atoms with Crippen LogP contribution in [-0.2, 0) is 10.2 Å². The highest BCUT2D eigenvalue weighted by atomic mass is 32.2. The molecule has 2 aromatic carbocycles. The number of piperidine rings is 1. The van der Waals surface area contributed by atoms with Gasteiger partial charge in [-0.1, -0.05) is 30.3 Å². The van der Waals surface area contributed by atoms with Gasteiger partial charge in [-0.15, -0.1) is 0 Å². The minimum Gasteiger partial charge on any atom is -0.490 e. The van der Waals surface area contributed by atoms with Crippen LogP contribution in [0.2, 0.25) is 0 Å². The van der Waals surface area contributed by atoms with E-state index in [0.29, 0.717) is 31.7 Å². The largest absolute Gasteiger partial charge is 0.490 e. The smallest absolute Gasteiger partial charge is 0.279 e. The van der Waals surface area contributed by atoms with Crippen LogP contribution in [0, 0.1) is 5.82 Å². The maximum absolute atomic E-state index is 13.0. The van der Waals surface area contributed by atoms with Crippen LogP contribution in [0.15, 0.2) is 54.6 Å². The second kappa shape index (κ2) is 7.58. The van der Waals surface area contributed by atoms with E-state index in [2.05, 4.69) is 4.72 Å². The van der Waals surface area contributed by atoms with Crippen LogP contribution in [0.3, 0.4) is 0 Å². The molecule has 27 heavy (non-hydrogen) atoms. The highest BCUT2D eigenvalue weighted by Gasteiger charge is 2.42. The molecule has 1 heterocycles. The van der Waals surface area contributed by atoms with E-state index in [1.807, 2.05) is 30.3 Å². The summed E-state index contributed by atoms with van der Waals surface area (Å²) in [6.45, 7) is 0.841. The third-order valence-corrected chi connectivity index (χ3v) is 6.82. The Bertz CT molecular complexity index is 866. The summed E-state index contributed by atoms with van der Waals surface area (Å²) in [5.41, 5.74) is 1.18. The first kappa shape index (κ1) is 18.4. The van der Waals surface area contributed by atoms with Crippen molar-refractivity contribution in [2.75, 3.05) is 13.1 Å². The van der Waals surface area contributed by atoms with Crippen molar-refractivity contribution in [3.8, 4) is 5.75 Å². The average molecular weight is 390 g/mol. The maximum atomic E-state index is 13.0. The number of hydrogen-bond acceptors (Lipinski definition) is 3. The monoisotopic (exact) mass is 390 g/mol. The number of halogens is 1. The Morgan fingerprint density at radius 2 is 1.67 bits per heavy atom. The number of benzene rings is 2. The third kappa shape index (κ3) is 4.48. The van der Waals surface area contributed by atoms with Crippen molar-refractivity contribution in [1.82, 2.24) is 9.03 Å². The van der Waals surface area contributed by atoms with Crippen LogP contribution in [-0.4, -0.2) is 38.0 Å². The van der Waals surface area contributed by atoms with Crippen molar-refractivity contribution in [3.05, 3.63) is 66.0 Å². The molecule has 4 rings (SSSR count). The average Bonchev–Trinajstić information content (AvgIpc) is 3.43. The van der Waals surface area contributed by atoms with Gasteiger partial charge >= 0.3 is 0 Å². The lowest BCUT2D eigenvalue weighted by Gasteiger charge is -2.31. The molecule has 2 aliphatic rings. The van der Waals surface area contributed by atoms with E-state index in [4.69, 9.17) is 4.74 Å². The van der Waals surface area contributed by atoms with Crippen LogP contribution in [0.25, 0.3) is 0 Å². The lowest BCUT2D eigenvalue weighted by Crippen LogP contribution is -2.47. The standard InChI is InChI=1S/C20H23FN2O3S/c21-16-6-8-17(9-7-16)26-18-10-12-23(13-11-18)27(24,25)22-20-14-19(20)15-4-2-1-3-5-15/h1-9,18-20,22H,10-14H2/t19-,20+/m0/s1. The van der Waals surface area contributed by atoms with E-state index in [0.717, 1.165) is 6.42 Å². The summed E-state index contributed by atoms with van der Waals surface area (Å²) in [6, 6.07) is 15.9. The quantitative estimate of drug-likeness (QED) is 0.825. The Kier molecular flexibility index (Phi) is 5.16. The van der Waals surface area contributed by atoms with Gasteiger partial charge in [-0.25, -0.2) is 4.39 Å². The number of ether oxygens (including phenoxy) is 1. The molecule has 0 radical (unpaired) electrons. The van der Waals surface area contributed by atoms with Gasteiger partial charge in [-0.3, -0.25) is 0 Å². The summed E-state index contributed by atoms with van der Waals surface area (Å²) >= 11 is 0. The molecule has 2 atom stereocenters. The molecule has 0 bridgehead atoms. The van der Waals surface area contributed by atoms with Crippen molar-refractivity contribution in [2.24, 2.45) is 0 Å². The second-order valence-electron chi connectivity index (χ2n) is 7.15. The van der Waals surface area contributed by atoms with E-state index >= 15 is 0 Å². The first-order chi connectivity index (χ1) is 13.0. The lowest BCUT2D eigenvalue weighted by atomic mass is 10.1. The minimum absolute atomic E-state index is 0.0226. The normalized spacial score (nSPS) is 23.9. The first-order valence-corrected chi connectivity index (χ1v) is 10.7. The predicted molar refractivity (Wildman–Crippen MR) is 101 cm³/mol. The van der Waals surface area contributed by atoms with Crippen molar-refractivity contribution in [3.63, 3.8) is 0 Å². The zero-order valence-electron chi connectivity index (χ0n) is 14.9. The SMILES string of the molecule is O=S(=O)(N[C@@H]1C[C@H]1c1ccccc1)N1CCC(Oc2ccc(F)cc2)CC1. The topological polar surface area (TPSA) is 58.6 Å². The fraction of sp³-hybridized carbons (Fsp3) is 0.400. The number of hydrogen-bond donors (Lipinski definition) is 1. The minimum atomic E-state index is -3.48. The molecule has 144 valence electrons. The molecule has 7 heteroatoms. The van der Waals surface area contributed by atoms with Gasteiger partial charge in [0.25, 0.3) is 10.2 Å². The van der Waals surface area contributed by atoms with Crippen molar-refractivity contribution in [2.45, 2.75) is 37.3 Å². The van der Waals surface area contributed by atoms with E-state index in [9.17, 15) is 12.8 Å². The summed E-state index contributed by atoms with van der Waals surface area (Å²) in [5, 5.41) is 0. The fourth-order valence-electron chi connectivity index (χ4n) is 3.56. The van der Waals surface area contributed by atoms with Crippen molar-refractivity contribution >= 4 is 10.2 Å². The molecule has 2 aromatic rings. The summed E-state index contributed by atoms with van der Waals surface area (Å²) < 4.78 is 48.4. The third-order valence-electron chi connectivity index (χ3n) is 5.18. The Hall–Kier alpha value is -1.96. The molecule has 1 aliphatic carbocycles. The van der Waals surface area contributed by atoms with Gasteiger partial charge < -0.3 is 4.74 Å². The molecule has 0 spiro atoms. The predicted octanol–water partition coefficient (Wildman–Crippen LogP) is 3.06. The summed E-state index contributed by atoms with van der Waals surface area (Å²) in [5.74, 6) is 0.572. The highest BCUT2D eigenvalue weighted by molar-refractivity contribution is 7.87. The Labute approximate surface area is 159 Å². The summed E-state index contributed by atoms with van der Waals surface area (Å²) in [6.07, 6.45) is 2.02. The van der Waals surface area contributed by atoms with E-state index in [1.165, 1.54) is 22.0 Å². The Morgan fingerprint density at radius 1 is 1.00 bits per heavy atom. The number of rotatable bonds is 6. The van der Waals surface area contributed by atoms with Crippen LogP contribution in [0.1, 0.15) is 30.7 Å². The zero-order chi connectivity index (χ0) is 18.9. The Balaban J connectivity index is 1.28. The van der Waals surface area contributed by atoms with Gasteiger partial charge in [0.2, 0.25) is 0 Å². The molecule has 1 saturated carbocycles. The maximum Gasteiger partial charge on any atom is 0.279 e. The Morgan fingerprint density at radius 3 is 2.33 bits per heavy atom. The molecule has 1 saturated heterocycles.